The first-order valence-corrected chi connectivity index (χ1v) is 14.9. The second-order valence-electron chi connectivity index (χ2n) is 11.5. The van der Waals surface area contributed by atoms with Gasteiger partial charge in [0.05, 0.1) is 44.0 Å². The SMILES string of the molecule is C=CCN(CCN1CCOCC1)C(=O)C1N([C@H](CO)c2ccccc2)C(=O)[C@@H]2[C@@H](C(=O)OCC)[C@@]3(CC)CCC12O3. The van der Waals surface area contributed by atoms with Gasteiger partial charge in [-0.1, -0.05) is 43.3 Å². The maximum absolute atomic E-state index is 14.7. The number of carbonyl (C=O) groups excluding carboxylic acids is 3. The van der Waals surface area contributed by atoms with Gasteiger partial charge in [-0.3, -0.25) is 19.3 Å². The predicted molar refractivity (Wildman–Crippen MR) is 151 cm³/mol. The second-order valence-corrected chi connectivity index (χ2v) is 11.5. The summed E-state index contributed by atoms with van der Waals surface area (Å²) in [5, 5.41) is 10.7. The molecule has 0 aliphatic carbocycles. The molecule has 2 amide bonds. The average molecular weight is 570 g/mol. The zero-order chi connectivity index (χ0) is 29.2. The third kappa shape index (κ3) is 4.98. The van der Waals surface area contributed by atoms with Gasteiger partial charge in [0.25, 0.3) is 0 Å². The van der Waals surface area contributed by atoms with Crippen LogP contribution >= 0.6 is 0 Å². The van der Waals surface area contributed by atoms with Crippen molar-refractivity contribution < 1.29 is 33.7 Å². The van der Waals surface area contributed by atoms with Crippen LogP contribution in [0.5, 0.6) is 0 Å². The fourth-order valence-corrected chi connectivity index (χ4v) is 7.60. The van der Waals surface area contributed by atoms with E-state index in [2.05, 4.69) is 11.5 Å². The molecular weight excluding hydrogens is 526 g/mol. The second kappa shape index (κ2) is 12.2. The number of esters is 1. The molecule has 4 aliphatic rings. The van der Waals surface area contributed by atoms with Gasteiger partial charge in [-0.2, -0.15) is 0 Å². The molecule has 4 fully saturated rings. The molecule has 41 heavy (non-hydrogen) atoms. The van der Waals surface area contributed by atoms with Crippen LogP contribution in [-0.2, 0) is 28.6 Å². The minimum atomic E-state index is -1.19. The maximum Gasteiger partial charge on any atom is 0.312 e. The third-order valence-corrected chi connectivity index (χ3v) is 9.54. The Kier molecular flexibility index (Phi) is 8.84. The smallest absolute Gasteiger partial charge is 0.312 e. The molecule has 4 aliphatic heterocycles. The normalized spacial score (nSPS) is 31.6. The Morgan fingerprint density at radius 2 is 1.95 bits per heavy atom. The molecule has 224 valence electrons. The lowest BCUT2D eigenvalue weighted by Crippen LogP contribution is -2.58. The van der Waals surface area contributed by atoms with E-state index >= 15 is 0 Å². The molecule has 1 spiro atoms. The van der Waals surface area contributed by atoms with Crippen LogP contribution in [-0.4, -0.2) is 114 Å². The first-order valence-electron chi connectivity index (χ1n) is 14.9. The Balaban J connectivity index is 1.56. The van der Waals surface area contributed by atoms with Gasteiger partial charge in [0.1, 0.15) is 17.6 Å². The molecular formula is C31H43N3O7. The van der Waals surface area contributed by atoms with Crippen LogP contribution in [0.3, 0.4) is 0 Å². The topological polar surface area (TPSA) is 109 Å². The summed E-state index contributed by atoms with van der Waals surface area (Å²) >= 11 is 0. The number of carbonyl (C=O) groups is 3. The number of rotatable bonds is 12. The molecule has 10 nitrogen and oxygen atoms in total. The van der Waals surface area contributed by atoms with Gasteiger partial charge in [0.2, 0.25) is 11.8 Å². The summed E-state index contributed by atoms with van der Waals surface area (Å²) in [6.45, 7) is 11.7. The van der Waals surface area contributed by atoms with E-state index in [-0.39, 0.29) is 25.0 Å². The molecule has 0 saturated carbocycles. The Morgan fingerprint density at radius 1 is 1.22 bits per heavy atom. The summed E-state index contributed by atoms with van der Waals surface area (Å²) in [5.74, 6) is -2.74. The van der Waals surface area contributed by atoms with Crippen LogP contribution in [0.1, 0.15) is 44.7 Å². The van der Waals surface area contributed by atoms with Crippen molar-refractivity contribution in [3.63, 3.8) is 0 Å². The van der Waals surface area contributed by atoms with E-state index in [4.69, 9.17) is 14.2 Å². The average Bonchev–Trinajstić information content (AvgIpc) is 3.60. The third-order valence-electron chi connectivity index (χ3n) is 9.54. The molecule has 6 atom stereocenters. The highest BCUT2D eigenvalue weighted by Crippen LogP contribution is 2.65. The van der Waals surface area contributed by atoms with Gasteiger partial charge in [0, 0.05) is 32.7 Å². The van der Waals surface area contributed by atoms with E-state index in [1.807, 2.05) is 37.3 Å². The number of hydrogen-bond donors (Lipinski definition) is 1. The fraction of sp³-hybridized carbons (Fsp3) is 0.645. The molecule has 5 rings (SSSR count). The van der Waals surface area contributed by atoms with Crippen molar-refractivity contribution >= 4 is 17.8 Å². The van der Waals surface area contributed by atoms with Crippen molar-refractivity contribution in [2.24, 2.45) is 11.8 Å². The Hall–Kier alpha value is -2.79. The van der Waals surface area contributed by atoms with Crippen LogP contribution in [0.25, 0.3) is 0 Å². The summed E-state index contributed by atoms with van der Waals surface area (Å²) in [6.07, 6.45) is 3.24. The molecule has 0 aromatic heterocycles. The first kappa shape index (κ1) is 29.7. The molecule has 2 bridgehead atoms. The molecule has 2 unspecified atom stereocenters. The molecule has 1 aromatic carbocycles. The first-order chi connectivity index (χ1) is 19.9. The van der Waals surface area contributed by atoms with E-state index in [0.717, 1.165) is 13.1 Å². The van der Waals surface area contributed by atoms with Crippen molar-refractivity contribution in [3.05, 3.63) is 48.6 Å². The highest BCUT2D eigenvalue weighted by Gasteiger charge is 2.79. The summed E-state index contributed by atoms with van der Waals surface area (Å²) in [7, 11) is 0. The van der Waals surface area contributed by atoms with E-state index in [1.54, 1.807) is 17.9 Å². The number of aliphatic hydroxyl groups excluding tert-OH is 1. The quantitative estimate of drug-likeness (QED) is 0.300. The number of morpholine rings is 1. The highest BCUT2D eigenvalue weighted by atomic mass is 16.6. The molecule has 4 heterocycles. The summed E-state index contributed by atoms with van der Waals surface area (Å²) in [5.41, 5.74) is -1.34. The number of ether oxygens (including phenoxy) is 3. The molecule has 1 aromatic rings. The van der Waals surface area contributed by atoms with Crippen molar-refractivity contribution in [1.29, 1.82) is 0 Å². The van der Waals surface area contributed by atoms with Crippen molar-refractivity contribution in [2.75, 3.05) is 59.2 Å². The number of hydrogen-bond acceptors (Lipinski definition) is 8. The number of benzene rings is 1. The monoisotopic (exact) mass is 569 g/mol. The minimum absolute atomic E-state index is 0.188. The van der Waals surface area contributed by atoms with Gasteiger partial charge < -0.3 is 29.1 Å². The Bertz CT molecular complexity index is 1130. The van der Waals surface area contributed by atoms with Crippen LogP contribution in [0.4, 0.5) is 0 Å². The number of likely N-dealkylation sites (tertiary alicyclic amines) is 1. The summed E-state index contributed by atoms with van der Waals surface area (Å²) < 4.78 is 17.8. The minimum Gasteiger partial charge on any atom is -0.466 e. The van der Waals surface area contributed by atoms with Crippen molar-refractivity contribution in [1.82, 2.24) is 14.7 Å². The number of aliphatic hydroxyl groups is 1. The zero-order valence-electron chi connectivity index (χ0n) is 24.2. The molecule has 1 N–H and O–H groups in total. The maximum atomic E-state index is 14.7. The van der Waals surface area contributed by atoms with E-state index in [0.29, 0.717) is 57.7 Å². The van der Waals surface area contributed by atoms with Crippen LogP contribution in [0, 0.1) is 11.8 Å². The van der Waals surface area contributed by atoms with Gasteiger partial charge in [-0.05, 0) is 31.7 Å². The van der Waals surface area contributed by atoms with E-state index in [1.165, 1.54) is 4.90 Å². The van der Waals surface area contributed by atoms with Gasteiger partial charge >= 0.3 is 5.97 Å². The van der Waals surface area contributed by atoms with E-state index in [9.17, 15) is 19.5 Å². The Labute approximate surface area is 242 Å². The molecule has 4 saturated heterocycles. The lowest BCUT2D eigenvalue weighted by molar-refractivity contribution is -0.163. The Morgan fingerprint density at radius 3 is 2.59 bits per heavy atom. The van der Waals surface area contributed by atoms with Gasteiger partial charge in [0.15, 0.2) is 0 Å². The van der Waals surface area contributed by atoms with Crippen molar-refractivity contribution in [3.8, 4) is 0 Å². The fourth-order valence-electron chi connectivity index (χ4n) is 7.60. The number of nitrogens with zero attached hydrogens (tertiary/aromatic N) is 3. The molecule has 0 radical (unpaired) electrons. The van der Waals surface area contributed by atoms with Crippen molar-refractivity contribution in [2.45, 2.75) is 56.4 Å². The summed E-state index contributed by atoms with van der Waals surface area (Å²) in [4.78, 5) is 48.2. The zero-order valence-corrected chi connectivity index (χ0v) is 24.2. The molecule has 10 heteroatoms. The van der Waals surface area contributed by atoms with Gasteiger partial charge in [-0.15, -0.1) is 6.58 Å². The number of amides is 2. The predicted octanol–water partition coefficient (Wildman–Crippen LogP) is 1.78. The lowest BCUT2D eigenvalue weighted by Gasteiger charge is -2.40. The van der Waals surface area contributed by atoms with Gasteiger partial charge in [-0.25, -0.2) is 0 Å². The lowest BCUT2D eigenvalue weighted by atomic mass is 9.65. The van der Waals surface area contributed by atoms with E-state index < -0.39 is 41.1 Å². The van der Waals surface area contributed by atoms with Crippen LogP contribution in [0.15, 0.2) is 43.0 Å². The highest BCUT2D eigenvalue weighted by molar-refractivity contribution is 5.99. The standard InChI is InChI=1S/C31H43N3O7/c1-4-14-33(16-15-32-17-19-39-20-18-32)28(37)26-31-13-12-30(5-2,41-31)25(29(38)40-6-3)24(31)27(36)34(26)23(21-35)22-10-8-7-9-11-22/h4,7-11,23-26,35H,1,5-6,12-21H2,2-3H3/t23-,24+,25+,26?,30-,31?/m1/s1. The van der Waals surface area contributed by atoms with Crippen LogP contribution < -0.4 is 0 Å². The number of fused-ring (bicyclic) bond motifs is 1. The summed E-state index contributed by atoms with van der Waals surface area (Å²) in [6, 6.07) is 7.46. The van der Waals surface area contributed by atoms with Crippen LogP contribution in [0.2, 0.25) is 0 Å². The largest absolute Gasteiger partial charge is 0.466 e.